The largest absolute Gasteiger partial charge is 0.471 e. The summed E-state index contributed by atoms with van der Waals surface area (Å²) in [5.41, 5.74) is 3.13. The highest BCUT2D eigenvalue weighted by Crippen LogP contribution is 2.38. The van der Waals surface area contributed by atoms with E-state index in [1.807, 2.05) is 13.8 Å². The minimum atomic E-state index is -0.603. The maximum absolute atomic E-state index is 14.9. The fourth-order valence-electron chi connectivity index (χ4n) is 3.32. The van der Waals surface area contributed by atoms with E-state index in [1.54, 1.807) is 25.1 Å². The normalized spacial score (nSPS) is 18.2. The van der Waals surface area contributed by atoms with Crippen molar-refractivity contribution in [3.05, 3.63) is 53.5 Å². The lowest BCUT2D eigenvalue weighted by Crippen LogP contribution is -2.35. The van der Waals surface area contributed by atoms with E-state index >= 15 is 0 Å². The summed E-state index contributed by atoms with van der Waals surface area (Å²) < 4.78 is 25.8. The topological polar surface area (TPSA) is 68.7 Å². The number of rotatable bonds is 5. The predicted molar refractivity (Wildman–Crippen MR) is 105 cm³/mol. The standard InChI is InChI=1S/C22H24FNO4/c1-5-27-22(26)19-10-16(15-7-6-14(12(2)3)9-18(15)23)17-8-13(4)20(11-25)28-21(17)24-19/h6-7,9-10,13,20,25H,2,5,8,11H2,1,3-4H3/t13-,20-/m0/s1. The van der Waals surface area contributed by atoms with Crippen molar-refractivity contribution < 1.29 is 23.8 Å². The number of hydrogen-bond donors (Lipinski definition) is 1. The molecule has 0 unspecified atom stereocenters. The van der Waals surface area contributed by atoms with Gasteiger partial charge in [0.25, 0.3) is 0 Å². The Hall–Kier alpha value is -2.73. The van der Waals surface area contributed by atoms with Crippen molar-refractivity contribution in [3.63, 3.8) is 0 Å². The van der Waals surface area contributed by atoms with E-state index in [1.165, 1.54) is 6.07 Å². The van der Waals surface area contributed by atoms with E-state index in [2.05, 4.69) is 11.6 Å². The summed E-state index contributed by atoms with van der Waals surface area (Å²) in [5.74, 6) is -0.765. The average molecular weight is 385 g/mol. The Morgan fingerprint density at radius 2 is 2.14 bits per heavy atom. The smallest absolute Gasteiger partial charge is 0.357 e. The van der Waals surface area contributed by atoms with Crippen LogP contribution in [0.3, 0.4) is 0 Å². The van der Waals surface area contributed by atoms with E-state index in [4.69, 9.17) is 9.47 Å². The zero-order valence-electron chi connectivity index (χ0n) is 16.3. The number of pyridine rings is 1. The first-order valence-corrected chi connectivity index (χ1v) is 9.30. The molecule has 2 aromatic rings. The van der Waals surface area contributed by atoms with E-state index in [0.29, 0.717) is 28.7 Å². The van der Waals surface area contributed by atoms with E-state index in [0.717, 1.165) is 5.57 Å². The van der Waals surface area contributed by atoms with E-state index < -0.39 is 17.9 Å². The minimum Gasteiger partial charge on any atom is -0.471 e. The lowest BCUT2D eigenvalue weighted by Gasteiger charge is -2.31. The third kappa shape index (κ3) is 3.78. The molecular weight excluding hydrogens is 361 g/mol. The van der Waals surface area contributed by atoms with Crippen molar-refractivity contribution in [1.82, 2.24) is 4.98 Å². The maximum Gasteiger partial charge on any atom is 0.357 e. The maximum atomic E-state index is 14.9. The number of esters is 1. The van der Waals surface area contributed by atoms with Crippen LogP contribution in [-0.4, -0.2) is 35.4 Å². The molecule has 3 rings (SSSR count). The first-order chi connectivity index (χ1) is 13.3. The van der Waals surface area contributed by atoms with Crippen LogP contribution in [0.2, 0.25) is 0 Å². The fraction of sp³-hybridized carbons (Fsp3) is 0.364. The summed E-state index contributed by atoms with van der Waals surface area (Å²) in [5, 5.41) is 9.55. The number of fused-ring (bicyclic) bond motifs is 1. The molecule has 28 heavy (non-hydrogen) atoms. The number of benzene rings is 1. The van der Waals surface area contributed by atoms with Crippen molar-refractivity contribution in [2.45, 2.75) is 33.3 Å². The summed E-state index contributed by atoms with van der Waals surface area (Å²) in [4.78, 5) is 16.5. The van der Waals surface area contributed by atoms with E-state index in [9.17, 15) is 14.3 Å². The first-order valence-electron chi connectivity index (χ1n) is 9.30. The second kappa shape index (κ2) is 8.10. The van der Waals surface area contributed by atoms with Gasteiger partial charge in [0.15, 0.2) is 5.69 Å². The molecule has 6 heteroatoms. The summed E-state index contributed by atoms with van der Waals surface area (Å²) >= 11 is 0. The molecule has 1 N–H and O–H groups in total. The molecule has 2 atom stereocenters. The number of allylic oxidation sites excluding steroid dienone is 1. The molecule has 5 nitrogen and oxygen atoms in total. The molecule has 1 aliphatic heterocycles. The van der Waals surface area contributed by atoms with Crippen molar-refractivity contribution >= 4 is 11.5 Å². The number of aliphatic hydroxyl groups excluding tert-OH is 1. The van der Waals surface area contributed by atoms with Crippen LogP contribution < -0.4 is 4.74 Å². The van der Waals surface area contributed by atoms with Crippen LogP contribution in [0.25, 0.3) is 16.7 Å². The van der Waals surface area contributed by atoms with Crippen LogP contribution >= 0.6 is 0 Å². The van der Waals surface area contributed by atoms with Gasteiger partial charge in [-0.05, 0) is 49.4 Å². The number of ether oxygens (including phenoxy) is 2. The Bertz CT molecular complexity index is 925. The third-order valence-corrected chi connectivity index (χ3v) is 4.93. The Morgan fingerprint density at radius 1 is 1.39 bits per heavy atom. The highest BCUT2D eigenvalue weighted by Gasteiger charge is 2.31. The van der Waals surface area contributed by atoms with E-state index in [-0.39, 0.29) is 30.7 Å². The Kier molecular flexibility index (Phi) is 5.79. The number of nitrogens with zero attached hydrogens (tertiary/aromatic N) is 1. The molecule has 0 fully saturated rings. The van der Waals surface area contributed by atoms with Gasteiger partial charge in [-0.3, -0.25) is 0 Å². The van der Waals surface area contributed by atoms with Gasteiger partial charge < -0.3 is 14.6 Å². The molecule has 0 amide bonds. The van der Waals surface area contributed by atoms with Gasteiger partial charge in [-0.15, -0.1) is 0 Å². The molecule has 2 heterocycles. The summed E-state index contributed by atoms with van der Waals surface area (Å²) in [6.07, 6.45) is 0.120. The summed E-state index contributed by atoms with van der Waals surface area (Å²) in [7, 11) is 0. The van der Waals surface area contributed by atoms with Crippen LogP contribution in [-0.2, 0) is 11.2 Å². The van der Waals surface area contributed by atoms with Gasteiger partial charge in [-0.1, -0.05) is 31.2 Å². The molecule has 1 aliphatic rings. The summed E-state index contributed by atoms with van der Waals surface area (Å²) in [6.45, 7) is 9.34. The van der Waals surface area contributed by atoms with Gasteiger partial charge in [0.05, 0.1) is 13.2 Å². The second-order valence-corrected chi connectivity index (χ2v) is 7.05. The zero-order chi connectivity index (χ0) is 20.4. The highest BCUT2D eigenvalue weighted by atomic mass is 19.1. The van der Waals surface area contributed by atoms with Crippen LogP contribution in [0.15, 0.2) is 30.8 Å². The lowest BCUT2D eigenvalue weighted by molar-refractivity contribution is 0.0491. The SMILES string of the molecule is C=C(C)c1ccc(-c2cc(C(=O)OCC)nc3c2C[C@H](C)[C@H](CO)O3)c(F)c1. The van der Waals surface area contributed by atoms with Crippen LogP contribution in [0.4, 0.5) is 4.39 Å². The monoisotopic (exact) mass is 385 g/mol. The number of aromatic nitrogens is 1. The van der Waals surface area contributed by atoms with Crippen LogP contribution in [0.5, 0.6) is 5.88 Å². The molecule has 0 radical (unpaired) electrons. The molecule has 0 saturated heterocycles. The number of carbonyl (C=O) groups is 1. The molecule has 1 aromatic carbocycles. The number of hydrogen-bond acceptors (Lipinski definition) is 5. The number of aliphatic hydroxyl groups is 1. The van der Waals surface area contributed by atoms with Crippen molar-refractivity contribution in [2.75, 3.05) is 13.2 Å². The third-order valence-electron chi connectivity index (χ3n) is 4.93. The molecule has 0 bridgehead atoms. The zero-order valence-corrected chi connectivity index (χ0v) is 16.3. The minimum absolute atomic E-state index is 0.0178. The molecular formula is C22H24FNO4. The highest BCUT2D eigenvalue weighted by molar-refractivity contribution is 5.90. The Morgan fingerprint density at radius 3 is 2.75 bits per heavy atom. The van der Waals surface area contributed by atoms with Crippen molar-refractivity contribution in [3.8, 4) is 17.0 Å². The average Bonchev–Trinajstić information content (AvgIpc) is 2.67. The van der Waals surface area contributed by atoms with Crippen LogP contribution in [0, 0.1) is 11.7 Å². The number of carbonyl (C=O) groups excluding carboxylic acids is 1. The van der Waals surface area contributed by atoms with Gasteiger partial charge in [0, 0.05) is 11.1 Å². The number of halogens is 1. The summed E-state index contributed by atoms with van der Waals surface area (Å²) in [6, 6.07) is 6.44. The lowest BCUT2D eigenvalue weighted by atomic mass is 9.88. The van der Waals surface area contributed by atoms with Gasteiger partial charge in [-0.2, -0.15) is 0 Å². The predicted octanol–water partition coefficient (Wildman–Crippen LogP) is 4.03. The fourth-order valence-corrected chi connectivity index (χ4v) is 3.32. The van der Waals surface area contributed by atoms with Gasteiger partial charge >= 0.3 is 5.97 Å². The molecule has 0 saturated carbocycles. The van der Waals surface area contributed by atoms with Gasteiger partial charge in [0.1, 0.15) is 11.9 Å². The van der Waals surface area contributed by atoms with Gasteiger partial charge in [0.2, 0.25) is 5.88 Å². The van der Waals surface area contributed by atoms with Crippen molar-refractivity contribution in [2.24, 2.45) is 5.92 Å². The Labute approximate surface area is 163 Å². The molecule has 1 aromatic heterocycles. The Balaban J connectivity index is 2.18. The quantitative estimate of drug-likeness (QED) is 0.787. The molecule has 0 aliphatic carbocycles. The molecule has 0 spiro atoms. The van der Waals surface area contributed by atoms with Gasteiger partial charge in [-0.25, -0.2) is 14.2 Å². The molecule has 148 valence electrons. The van der Waals surface area contributed by atoms with Crippen molar-refractivity contribution in [1.29, 1.82) is 0 Å². The second-order valence-electron chi connectivity index (χ2n) is 7.05. The van der Waals surface area contributed by atoms with Crippen LogP contribution in [0.1, 0.15) is 42.4 Å². The first kappa shape index (κ1) is 20.0.